The summed E-state index contributed by atoms with van der Waals surface area (Å²) in [4.78, 5) is 23.0. The van der Waals surface area contributed by atoms with Gasteiger partial charge in [0, 0.05) is 12.1 Å². The first kappa shape index (κ1) is 17.2. The van der Waals surface area contributed by atoms with E-state index in [0.29, 0.717) is 11.4 Å². The van der Waals surface area contributed by atoms with Crippen LogP contribution in [-0.2, 0) is 0 Å². The minimum Gasteiger partial charge on any atom is -0.285 e. The Morgan fingerprint density at radius 1 is 0.964 bits per heavy atom. The summed E-state index contributed by atoms with van der Waals surface area (Å²) >= 11 is 0. The van der Waals surface area contributed by atoms with Crippen LogP contribution in [0.5, 0.6) is 0 Å². The van der Waals surface area contributed by atoms with Crippen LogP contribution in [0.1, 0.15) is 21.9 Å². The molecule has 10 heteroatoms. The summed E-state index contributed by atoms with van der Waals surface area (Å²) in [6.07, 6.45) is 1.45. The van der Waals surface area contributed by atoms with E-state index in [1.54, 1.807) is 11.6 Å². The molecule has 0 saturated heterocycles. The Hall–Kier alpha value is -4.21. The molecule has 0 aliphatic carbocycles. The first-order valence-corrected chi connectivity index (χ1v) is 8.24. The van der Waals surface area contributed by atoms with E-state index in [2.05, 4.69) is 20.6 Å². The van der Waals surface area contributed by atoms with Crippen LogP contribution in [0.4, 0.5) is 5.69 Å². The maximum Gasteiger partial charge on any atom is 0.269 e. The van der Waals surface area contributed by atoms with E-state index in [-0.39, 0.29) is 17.1 Å². The molecule has 0 fully saturated rings. The molecule has 4 aromatic rings. The fraction of sp³-hybridized carbons (Fsp3) is 0.0556. The van der Waals surface area contributed by atoms with Crippen LogP contribution < -0.4 is 0 Å². The second kappa shape index (κ2) is 6.83. The topological polar surface area (TPSA) is 122 Å². The van der Waals surface area contributed by atoms with Crippen molar-refractivity contribution in [1.82, 2.24) is 30.0 Å². The quantitative estimate of drug-likeness (QED) is 0.298. The molecular weight excluding hydrogens is 362 g/mol. The van der Waals surface area contributed by atoms with Gasteiger partial charge in [0.2, 0.25) is 5.78 Å². The molecule has 4 rings (SSSR count). The summed E-state index contributed by atoms with van der Waals surface area (Å²) in [6.45, 7) is 1.75. The van der Waals surface area contributed by atoms with Crippen LogP contribution in [0.15, 0.2) is 60.8 Å². The van der Waals surface area contributed by atoms with Gasteiger partial charge in [-0.25, -0.2) is 9.36 Å². The van der Waals surface area contributed by atoms with E-state index in [0.717, 1.165) is 5.69 Å². The van der Waals surface area contributed by atoms with E-state index in [9.17, 15) is 14.9 Å². The number of carbonyl (C=O) groups excluding carboxylic acids is 1. The number of nitrogens with zero attached hydrogens (tertiary/aromatic N) is 7. The van der Waals surface area contributed by atoms with Gasteiger partial charge in [0.05, 0.1) is 28.2 Å². The van der Waals surface area contributed by atoms with Gasteiger partial charge >= 0.3 is 0 Å². The Balaban J connectivity index is 1.62. The smallest absolute Gasteiger partial charge is 0.269 e. The van der Waals surface area contributed by atoms with E-state index in [4.69, 9.17) is 0 Å². The number of carbonyl (C=O) groups is 1. The van der Waals surface area contributed by atoms with Gasteiger partial charge in [-0.1, -0.05) is 28.6 Å². The van der Waals surface area contributed by atoms with Crippen LogP contribution in [0.25, 0.3) is 11.4 Å². The average molecular weight is 375 g/mol. The number of hydrogen-bond donors (Lipinski definition) is 0. The minimum absolute atomic E-state index is 0.0340. The third-order valence-corrected chi connectivity index (χ3v) is 4.16. The van der Waals surface area contributed by atoms with Gasteiger partial charge < -0.3 is 0 Å². The van der Waals surface area contributed by atoms with Crippen molar-refractivity contribution in [3.63, 3.8) is 0 Å². The van der Waals surface area contributed by atoms with Crippen LogP contribution >= 0.6 is 0 Å². The summed E-state index contributed by atoms with van der Waals surface area (Å²) < 4.78 is 2.95. The maximum atomic E-state index is 12.8. The molecule has 0 atom stereocenters. The van der Waals surface area contributed by atoms with Crippen molar-refractivity contribution in [3.05, 3.63) is 88.0 Å². The molecular formula is C18H13N7O3. The van der Waals surface area contributed by atoms with Crippen LogP contribution in [0.3, 0.4) is 0 Å². The predicted molar refractivity (Wildman–Crippen MR) is 97.5 cm³/mol. The zero-order valence-corrected chi connectivity index (χ0v) is 14.6. The number of aromatic nitrogens is 6. The molecule has 2 aromatic carbocycles. The van der Waals surface area contributed by atoms with Gasteiger partial charge in [-0.3, -0.25) is 14.9 Å². The Morgan fingerprint density at radius 2 is 1.68 bits per heavy atom. The first-order chi connectivity index (χ1) is 13.5. The maximum absolute atomic E-state index is 12.8. The SMILES string of the molecule is Cc1c(C(=O)c2cn(-c3ccc([N+](=O)[O-])cc3)nn2)nnn1-c1ccccc1. The molecule has 138 valence electrons. The second-order valence-corrected chi connectivity index (χ2v) is 5.92. The number of rotatable bonds is 5. The summed E-state index contributed by atoms with van der Waals surface area (Å²) in [5, 5.41) is 26.6. The Kier molecular flexibility index (Phi) is 4.20. The monoisotopic (exact) mass is 375 g/mol. The van der Waals surface area contributed by atoms with Gasteiger partial charge in [0.1, 0.15) is 0 Å². The van der Waals surface area contributed by atoms with Gasteiger partial charge in [0.15, 0.2) is 11.4 Å². The zero-order chi connectivity index (χ0) is 19.7. The highest BCUT2D eigenvalue weighted by Crippen LogP contribution is 2.17. The third-order valence-electron chi connectivity index (χ3n) is 4.16. The number of ketones is 1. The van der Waals surface area contributed by atoms with Crippen LogP contribution in [0.2, 0.25) is 0 Å². The van der Waals surface area contributed by atoms with Crippen molar-refractivity contribution in [3.8, 4) is 11.4 Å². The number of benzene rings is 2. The molecule has 0 spiro atoms. The lowest BCUT2D eigenvalue weighted by Gasteiger charge is -2.02. The van der Waals surface area contributed by atoms with Crippen molar-refractivity contribution in [2.24, 2.45) is 0 Å². The molecule has 0 aliphatic rings. The minimum atomic E-state index is -0.487. The van der Waals surface area contributed by atoms with Crippen molar-refractivity contribution in [2.45, 2.75) is 6.92 Å². The van der Waals surface area contributed by atoms with Crippen LogP contribution in [-0.4, -0.2) is 40.7 Å². The fourth-order valence-electron chi connectivity index (χ4n) is 2.70. The lowest BCUT2D eigenvalue weighted by molar-refractivity contribution is -0.384. The van der Waals surface area contributed by atoms with Gasteiger partial charge in [-0.15, -0.1) is 10.2 Å². The number of hydrogen-bond acceptors (Lipinski definition) is 7. The normalized spacial score (nSPS) is 10.8. The molecule has 0 aliphatic heterocycles. The highest BCUT2D eigenvalue weighted by atomic mass is 16.6. The van der Waals surface area contributed by atoms with Gasteiger partial charge in [-0.2, -0.15) is 0 Å². The standard InChI is InChI=1S/C18H13N7O3/c1-12-17(20-22-24(12)14-5-3-2-4-6-14)18(26)16-11-23(21-19-16)13-7-9-15(10-8-13)25(27)28/h2-11H,1H3. The number of nitro groups is 1. The third kappa shape index (κ3) is 3.03. The summed E-state index contributed by atoms with van der Waals surface area (Å²) in [5.74, 6) is -0.409. The Labute approximate surface area is 158 Å². The lowest BCUT2D eigenvalue weighted by Crippen LogP contribution is -2.06. The summed E-state index contributed by atoms with van der Waals surface area (Å²) in [7, 11) is 0. The molecule has 0 amide bonds. The summed E-state index contributed by atoms with van der Waals surface area (Å²) in [6, 6.07) is 15.1. The summed E-state index contributed by atoms with van der Waals surface area (Å²) in [5.41, 5.74) is 2.17. The Morgan fingerprint density at radius 3 is 2.36 bits per heavy atom. The van der Waals surface area contributed by atoms with Gasteiger partial charge in [-0.05, 0) is 31.2 Å². The van der Waals surface area contributed by atoms with Gasteiger partial charge in [0.25, 0.3) is 5.69 Å². The fourth-order valence-corrected chi connectivity index (χ4v) is 2.70. The van der Waals surface area contributed by atoms with Crippen molar-refractivity contribution >= 4 is 11.5 Å². The number of non-ortho nitro benzene ring substituents is 1. The molecule has 0 radical (unpaired) electrons. The van der Waals surface area contributed by atoms with Crippen molar-refractivity contribution < 1.29 is 9.72 Å². The van der Waals surface area contributed by atoms with Crippen molar-refractivity contribution in [1.29, 1.82) is 0 Å². The second-order valence-electron chi connectivity index (χ2n) is 5.92. The molecule has 0 unspecified atom stereocenters. The molecule has 2 heterocycles. The van der Waals surface area contributed by atoms with Crippen LogP contribution in [0, 0.1) is 17.0 Å². The molecule has 0 bridgehead atoms. The molecule has 28 heavy (non-hydrogen) atoms. The first-order valence-electron chi connectivity index (χ1n) is 8.24. The molecule has 2 aromatic heterocycles. The highest BCUT2D eigenvalue weighted by Gasteiger charge is 2.22. The average Bonchev–Trinajstić information content (AvgIpc) is 3.35. The van der Waals surface area contributed by atoms with E-state index >= 15 is 0 Å². The number of para-hydroxylation sites is 1. The zero-order valence-electron chi connectivity index (χ0n) is 14.6. The Bertz CT molecular complexity index is 1160. The van der Waals surface area contributed by atoms with Crippen molar-refractivity contribution in [2.75, 3.05) is 0 Å². The molecule has 0 N–H and O–H groups in total. The predicted octanol–water partition coefficient (Wildman–Crippen LogP) is 2.30. The van der Waals surface area contributed by atoms with E-state index < -0.39 is 10.7 Å². The molecule has 10 nitrogen and oxygen atoms in total. The molecule has 0 saturated carbocycles. The number of nitro benzene ring substituents is 1. The lowest BCUT2D eigenvalue weighted by atomic mass is 10.2. The largest absolute Gasteiger partial charge is 0.285 e. The van der Waals surface area contributed by atoms with E-state index in [1.165, 1.54) is 35.1 Å². The highest BCUT2D eigenvalue weighted by molar-refractivity contribution is 6.06. The van der Waals surface area contributed by atoms with E-state index in [1.807, 2.05) is 30.3 Å².